The van der Waals surface area contributed by atoms with Crippen LogP contribution in [0.15, 0.2) is 48.5 Å². The zero-order chi connectivity index (χ0) is 15.2. The maximum atomic E-state index is 12.0. The zero-order valence-electron chi connectivity index (χ0n) is 12.3. The lowest BCUT2D eigenvalue weighted by Gasteiger charge is -2.18. The van der Waals surface area contributed by atoms with Gasteiger partial charge in [0.05, 0.1) is 11.4 Å². The summed E-state index contributed by atoms with van der Waals surface area (Å²) in [7, 11) is 3.87. The molecule has 2 rings (SSSR count). The van der Waals surface area contributed by atoms with Crippen LogP contribution in [0.1, 0.15) is 5.56 Å². The molecular weight excluding hydrogens is 264 g/mol. The summed E-state index contributed by atoms with van der Waals surface area (Å²) in [6.45, 7) is 0.489. The molecule has 5 heteroatoms. The molecule has 0 bridgehead atoms. The number of carbonyl (C=O) groups is 1. The van der Waals surface area contributed by atoms with Crippen molar-refractivity contribution in [2.45, 2.75) is 6.54 Å². The molecule has 21 heavy (non-hydrogen) atoms. The average Bonchev–Trinajstić information content (AvgIpc) is 2.48. The molecule has 5 nitrogen and oxygen atoms in total. The molecule has 2 aromatic carbocycles. The number of nitrogens with one attached hydrogen (secondary N) is 2. The summed E-state index contributed by atoms with van der Waals surface area (Å²) in [5.74, 6) is 0. The minimum atomic E-state index is -0.273. The third kappa shape index (κ3) is 3.97. The third-order valence-corrected chi connectivity index (χ3v) is 3.08. The van der Waals surface area contributed by atoms with E-state index in [4.69, 9.17) is 5.73 Å². The van der Waals surface area contributed by atoms with Gasteiger partial charge in [-0.05, 0) is 29.8 Å². The van der Waals surface area contributed by atoms with Gasteiger partial charge in [-0.3, -0.25) is 0 Å². The van der Waals surface area contributed by atoms with Crippen LogP contribution in [-0.2, 0) is 6.54 Å². The number of amides is 2. The number of nitrogens with two attached hydrogens (primary N) is 1. The molecule has 0 fully saturated rings. The highest BCUT2D eigenvalue weighted by Gasteiger charge is 2.07. The van der Waals surface area contributed by atoms with Crippen LogP contribution in [0.5, 0.6) is 0 Å². The van der Waals surface area contributed by atoms with Crippen molar-refractivity contribution < 1.29 is 4.79 Å². The molecule has 0 radical (unpaired) electrons. The Labute approximate surface area is 124 Å². The molecule has 2 amide bonds. The second-order valence-corrected chi connectivity index (χ2v) is 4.89. The molecule has 0 aliphatic rings. The molecule has 0 aromatic heterocycles. The van der Waals surface area contributed by atoms with E-state index in [0.29, 0.717) is 6.54 Å². The first kappa shape index (κ1) is 14.9. The standard InChI is InChI=1S/C16H20N4O/c1-20(2)15-6-4-3-5-14(15)19-16(21)18-13-9-7-12(11-17)8-10-13/h3-10H,11,17H2,1-2H3,(H2,18,19,21). The van der Waals surface area contributed by atoms with E-state index in [0.717, 1.165) is 22.6 Å². The molecule has 0 spiro atoms. The van der Waals surface area contributed by atoms with Gasteiger partial charge in [0.2, 0.25) is 0 Å². The van der Waals surface area contributed by atoms with Crippen molar-refractivity contribution in [2.24, 2.45) is 5.73 Å². The molecule has 110 valence electrons. The summed E-state index contributed by atoms with van der Waals surface area (Å²) in [4.78, 5) is 14.0. The maximum Gasteiger partial charge on any atom is 0.323 e. The second kappa shape index (κ2) is 6.76. The lowest BCUT2D eigenvalue weighted by Crippen LogP contribution is -2.21. The quantitative estimate of drug-likeness (QED) is 0.808. The number of nitrogens with zero attached hydrogens (tertiary/aromatic N) is 1. The van der Waals surface area contributed by atoms with Gasteiger partial charge in [-0.25, -0.2) is 4.79 Å². The molecule has 0 aliphatic heterocycles. The first-order valence-electron chi connectivity index (χ1n) is 6.73. The van der Waals surface area contributed by atoms with Gasteiger partial charge in [-0.2, -0.15) is 0 Å². The molecule has 0 atom stereocenters. The van der Waals surface area contributed by atoms with Crippen LogP contribution >= 0.6 is 0 Å². The average molecular weight is 284 g/mol. The van der Waals surface area contributed by atoms with Crippen molar-refractivity contribution in [1.82, 2.24) is 0 Å². The van der Waals surface area contributed by atoms with E-state index in [1.54, 1.807) is 0 Å². The lowest BCUT2D eigenvalue weighted by atomic mass is 10.2. The maximum absolute atomic E-state index is 12.0. The Morgan fingerprint density at radius 2 is 1.71 bits per heavy atom. The molecule has 0 heterocycles. The van der Waals surface area contributed by atoms with Crippen molar-refractivity contribution in [1.29, 1.82) is 0 Å². The lowest BCUT2D eigenvalue weighted by molar-refractivity contribution is 0.262. The number of urea groups is 1. The molecule has 0 unspecified atom stereocenters. The van der Waals surface area contributed by atoms with Crippen molar-refractivity contribution in [3.05, 3.63) is 54.1 Å². The third-order valence-electron chi connectivity index (χ3n) is 3.08. The number of hydrogen-bond acceptors (Lipinski definition) is 3. The van der Waals surface area contributed by atoms with Crippen molar-refractivity contribution >= 4 is 23.1 Å². The number of carbonyl (C=O) groups excluding carboxylic acids is 1. The minimum absolute atomic E-state index is 0.273. The van der Waals surface area contributed by atoms with E-state index in [2.05, 4.69) is 10.6 Å². The highest BCUT2D eigenvalue weighted by Crippen LogP contribution is 2.23. The van der Waals surface area contributed by atoms with E-state index >= 15 is 0 Å². The number of para-hydroxylation sites is 2. The van der Waals surface area contributed by atoms with Gasteiger partial charge in [-0.1, -0.05) is 24.3 Å². The fraction of sp³-hybridized carbons (Fsp3) is 0.188. The van der Waals surface area contributed by atoms with Gasteiger partial charge in [0.15, 0.2) is 0 Å². The Morgan fingerprint density at radius 1 is 1.05 bits per heavy atom. The van der Waals surface area contributed by atoms with Crippen LogP contribution < -0.4 is 21.3 Å². The smallest absolute Gasteiger partial charge is 0.323 e. The Balaban J connectivity index is 2.04. The fourth-order valence-electron chi connectivity index (χ4n) is 1.98. The SMILES string of the molecule is CN(C)c1ccccc1NC(=O)Nc1ccc(CN)cc1. The highest BCUT2D eigenvalue weighted by molar-refractivity contribution is 6.01. The van der Waals surface area contributed by atoms with E-state index < -0.39 is 0 Å². The van der Waals surface area contributed by atoms with Gasteiger partial charge < -0.3 is 21.3 Å². The number of hydrogen-bond donors (Lipinski definition) is 3. The van der Waals surface area contributed by atoms with E-state index in [1.165, 1.54) is 0 Å². The topological polar surface area (TPSA) is 70.4 Å². The van der Waals surface area contributed by atoms with Gasteiger partial charge in [0.25, 0.3) is 0 Å². The fourth-order valence-corrected chi connectivity index (χ4v) is 1.98. The van der Waals surface area contributed by atoms with Crippen LogP contribution in [-0.4, -0.2) is 20.1 Å². The molecule has 0 saturated heterocycles. The Bertz CT molecular complexity index is 608. The van der Waals surface area contributed by atoms with E-state index in [1.807, 2.05) is 67.5 Å². The predicted molar refractivity (Wildman–Crippen MR) is 87.7 cm³/mol. The van der Waals surface area contributed by atoms with Crippen molar-refractivity contribution in [3.63, 3.8) is 0 Å². The largest absolute Gasteiger partial charge is 0.376 e. The highest BCUT2D eigenvalue weighted by atomic mass is 16.2. The number of benzene rings is 2. The monoisotopic (exact) mass is 284 g/mol. The predicted octanol–water partition coefficient (Wildman–Crippen LogP) is 2.86. The first-order chi connectivity index (χ1) is 10.1. The second-order valence-electron chi connectivity index (χ2n) is 4.89. The Kier molecular flexibility index (Phi) is 4.79. The van der Waals surface area contributed by atoms with Gasteiger partial charge in [0.1, 0.15) is 0 Å². The van der Waals surface area contributed by atoms with Gasteiger partial charge in [0, 0.05) is 26.3 Å². The molecule has 2 aromatic rings. The summed E-state index contributed by atoms with van der Waals surface area (Å²) in [5, 5.41) is 5.65. The molecule has 0 aliphatic carbocycles. The van der Waals surface area contributed by atoms with E-state index in [9.17, 15) is 4.79 Å². The normalized spacial score (nSPS) is 10.0. The van der Waals surface area contributed by atoms with Crippen molar-refractivity contribution in [2.75, 3.05) is 29.6 Å². The van der Waals surface area contributed by atoms with Crippen molar-refractivity contribution in [3.8, 4) is 0 Å². The van der Waals surface area contributed by atoms with Gasteiger partial charge in [-0.15, -0.1) is 0 Å². The Hall–Kier alpha value is -2.53. The van der Waals surface area contributed by atoms with Crippen LogP contribution in [0.25, 0.3) is 0 Å². The van der Waals surface area contributed by atoms with Crippen LogP contribution in [0.3, 0.4) is 0 Å². The molecular formula is C16H20N4O. The molecule has 4 N–H and O–H groups in total. The Morgan fingerprint density at radius 3 is 2.33 bits per heavy atom. The first-order valence-corrected chi connectivity index (χ1v) is 6.73. The summed E-state index contributed by atoms with van der Waals surface area (Å²) in [6.07, 6.45) is 0. The van der Waals surface area contributed by atoms with E-state index in [-0.39, 0.29) is 6.03 Å². The van der Waals surface area contributed by atoms with Crippen LogP contribution in [0.2, 0.25) is 0 Å². The van der Waals surface area contributed by atoms with Crippen LogP contribution in [0, 0.1) is 0 Å². The molecule has 0 saturated carbocycles. The summed E-state index contributed by atoms with van der Waals surface area (Å²) in [6, 6.07) is 14.8. The summed E-state index contributed by atoms with van der Waals surface area (Å²) >= 11 is 0. The van der Waals surface area contributed by atoms with Crippen LogP contribution in [0.4, 0.5) is 21.9 Å². The zero-order valence-corrected chi connectivity index (χ0v) is 12.3. The number of anilines is 3. The van der Waals surface area contributed by atoms with Gasteiger partial charge >= 0.3 is 6.03 Å². The minimum Gasteiger partial charge on any atom is -0.376 e. The summed E-state index contributed by atoms with van der Waals surface area (Å²) < 4.78 is 0. The summed E-state index contributed by atoms with van der Waals surface area (Å²) in [5.41, 5.74) is 9.01. The number of rotatable bonds is 4.